The number of ether oxygens (including phenoxy) is 1. The highest BCUT2D eigenvalue weighted by Gasteiger charge is 2.19. The second-order valence-electron chi connectivity index (χ2n) is 6.17. The van der Waals surface area contributed by atoms with Crippen LogP contribution in [0.4, 0.5) is 0 Å². The standard InChI is InChI=1S/C22H19N3O3/c1-27-18-10-5-7-16(13-18)21-20(22(26)23-14-19-11-6-12-28-19)15-25(24-21)17-8-3-2-4-9-17/h2-13,15H,14H2,1H3,(H,23,26). The van der Waals surface area contributed by atoms with Crippen molar-refractivity contribution >= 4 is 5.91 Å². The van der Waals surface area contributed by atoms with E-state index in [4.69, 9.17) is 9.15 Å². The molecule has 0 bridgehead atoms. The van der Waals surface area contributed by atoms with Gasteiger partial charge in [0.1, 0.15) is 17.2 Å². The molecule has 0 aliphatic rings. The fraction of sp³-hybridized carbons (Fsp3) is 0.0909. The number of rotatable bonds is 6. The van der Waals surface area contributed by atoms with Gasteiger partial charge in [-0.1, -0.05) is 30.3 Å². The van der Waals surface area contributed by atoms with Crippen molar-refractivity contribution in [3.05, 3.63) is 90.5 Å². The van der Waals surface area contributed by atoms with Crippen molar-refractivity contribution in [1.29, 1.82) is 0 Å². The second-order valence-corrected chi connectivity index (χ2v) is 6.17. The fourth-order valence-electron chi connectivity index (χ4n) is 2.91. The smallest absolute Gasteiger partial charge is 0.255 e. The van der Waals surface area contributed by atoms with E-state index in [-0.39, 0.29) is 5.91 Å². The van der Waals surface area contributed by atoms with Crippen LogP contribution < -0.4 is 10.1 Å². The minimum Gasteiger partial charge on any atom is -0.497 e. The molecule has 0 saturated carbocycles. The number of aromatic nitrogens is 2. The Morgan fingerprint density at radius 1 is 1.11 bits per heavy atom. The van der Waals surface area contributed by atoms with Crippen LogP contribution in [-0.4, -0.2) is 22.8 Å². The lowest BCUT2D eigenvalue weighted by Crippen LogP contribution is -2.22. The Hall–Kier alpha value is -3.80. The lowest BCUT2D eigenvalue weighted by atomic mass is 10.1. The first-order chi connectivity index (χ1) is 13.7. The Bertz CT molecular complexity index is 1070. The molecule has 6 heteroatoms. The normalized spacial score (nSPS) is 10.6. The number of hydrogen-bond donors (Lipinski definition) is 1. The zero-order valence-corrected chi connectivity index (χ0v) is 15.3. The van der Waals surface area contributed by atoms with Crippen LogP contribution in [-0.2, 0) is 6.54 Å². The highest BCUT2D eigenvalue weighted by molar-refractivity contribution is 6.00. The van der Waals surface area contributed by atoms with Crippen LogP contribution in [0.25, 0.3) is 16.9 Å². The summed E-state index contributed by atoms with van der Waals surface area (Å²) in [5.74, 6) is 1.16. The number of carbonyl (C=O) groups excluding carboxylic acids is 1. The van der Waals surface area contributed by atoms with Gasteiger partial charge >= 0.3 is 0 Å². The van der Waals surface area contributed by atoms with Crippen LogP contribution in [0.15, 0.2) is 83.6 Å². The van der Waals surface area contributed by atoms with Crippen molar-refractivity contribution in [3.8, 4) is 22.7 Å². The minimum absolute atomic E-state index is 0.226. The molecule has 0 aliphatic carbocycles. The first-order valence-electron chi connectivity index (χ1n) is 8.84. The van der Waals surface area contributed by atoms with E-state index in [1.54, 1.807) is 30.3 Å². The fourth-order valence-corrected chi connectivity index (χ4v) is 2.91. The van der Waals surface area contributed by atoms with Crippen LogP contribution >= 0.6 is 0 Å². The van der Waals surface area contributed by atoms with E-state index in [1.165, 1.54) is 0 Å². The first kappa shape index (κ1) is 17.6. The van der Waals surface area contributed by atoms with Gasteiger partial charge in [-0.25, -0.2) is 4.68 Å². The number of amides is 1. The Balaban J connectivity index is 1.72. The topological polar surface area (TPSA) is 69.3 Å². The largest absolute Gasteiger partial charge is 0.497 e. The van der Waals surface area contributed by atoms with Crippen molar-refractivity contribution in [1.82, 2.24) is 15.1 Å². The molecule has 1 N–H and O–H groups in total. The summed E-state index contributed by atoms with van der Waals surface area (Å²) in [6, 6.07) is 20.8. The number of hydrogen-bond acceptors (Lipinski definition) is 4. The van der Waals surface area contributed by atoms with Crippen LogP contribution in [0.5, 0.6) is 5.75 Å². The third-order valence-corrected chi connectivity index (χ3v) is 4.33. The van der Waals surface area contributed by atoms with E-state index in [0.717, 1.165) is 11.3 Å². The summed E-state index contributed by atoms with van der Waals surface area (Å²) in [5.41, 5.74) is 2.73. The van der Waals surface area contributed by atoms with Crippen LogP contribution in [0.1, 0.15) is 16.1 Å². The van der Waals surface area contributed by atoms with Gasteiger partial charge in [0.2, 0.25) is 0 Å². The SMILES string of the molecule is COc1cccc(-c2nn(-c3ccccc3)cc2C(=O)NCc2ccco2)c1. The molecule has 140 valence electrons. The Labute approximate surface area is 162 Å². The third-order valence-electron chi connectivity index (χ3n) is 4.33. The molecule has 0 atom stereocenters. The lowest BCUT2D eigenvalue weighted by molar-refractivity contribution is 0.0948. The number of para-hydroxylation sites is 1. The van der Waals surface area contributed by atoms with E-state index < -0.39 is 0 Å². The molecule has 0 unspecified atom stereocenters. The molecule has 0 fully saturated rings. The molecule has 4 rings (SSSR count). The van der Waals surface area contributed by atoms with Gasteiger partial charge in [0, 0.05) is 11.8 Å². The number of benzene rings is 2. The molecular weight excluding hydrogens is 354 g/mol. The summed E-state index contributed by atoms with van der Waals surface area (Å²) < 4.78 is 12.3. The van der Waals surface area contributed by atoms with Gasteiger partial charge in [0.05, 0.1) is 31.2 Å². The van der Waals surface area contributed by atoms with Crippen molar-refractivity contribution < 1.29 is 13.9 Å². The maximum Gasteiger partial charge on any atom is 0.255 e. The number of methoxy groups -OCH3 is 1. The third kappa shape index (κ3) is 3.66. The number of carbonyl (C=O) groups is 1. The average Bonchev–Trinajstić information content (AvgIpc) is 3.43. The maximum atomic E-state index is 12.9. The Kier molecular flexibility index (Phi) is 4.93. The van der Waals surface area contributed by atoms with Gasteiger partial charge in [0.15, 0.2) is 0 Å². The summed E-state index contributed by atoms with van der Waals surface area (Å²) in [4.78, 5) is 12.9. The summed E-state index contributed by atoms with van der Waals surface area (Å²) in [6.45, 7) is 0.305. The molecule has 2 heterocycles. The highest BCUT2D eigenvalue weighted by atomic mass is 16.5. The van der Waals surface area contributed by atoms with E-state index in [1.807, 2.05) is 60.7 Å². The predicted molar refractivity (Wildman–Crippen MR) is 105 cm³/mol. The number of nitrogens with one attached hydrogen (secondary N) is 1. The van der Waals surface area contributed by atoms with E-state index in [9.17, 15) is 4.79 Å². The van der Waals surface area contributed by atoms with Crippen LogP contribution in [0.3, 0.4) is 0 Å². The van der Waals surface area contributed by atoms with E-state index in [2.05, 4.69) is 10.4 Å². The molecular formula is C22H19N3O3. The van der Waals surface area contributed by atoms with Crippen molar-refractivity contribution in [2.24, 2.45) is 0 Å². The van der Waals surface area contributed by atoms with Crippen molar-refractivity contribution in [2.45, 2.75) is 6.54 Å². The predicted octanol–water partition coefficient (Wildman–Crippen LogP) is 4.07. The van der Waals surface area contributed by atoms with Crippen LogP contribution in [0.2, 0.25) is 0 Å². The van der Waals surface area contributed by atoms with Crippen LogP contribution in [0, 0.1) is 0 Å². The summed E-state index contributed by atoms with van der Waals surface area (Å²) in [7, 11) is 1.61. The lowest BCUT2D eigenvalue weighted by Gasteiger charge is -2.05. The van der Waals surface area contributed by atoms with Gasteiger partial charge in [-0.05, 0) is 36.4 Å². The van der Waals surface area contributed by atoms with E-state index >= 15 is 0 Å². The summed E-state index contributed by atoms with van der Waals surface area (Å²) >= 11 is 0. The van der Waals surface area contributed by atoms with Gasteiger partial charge in [-0.2, -0.15) is 5.10 Å². The highest BCUT2D eigenvalue weighted by Crippen LogP contribution is 2.27. The molecule has 0 spiro atoms. The summed E-state index contributed by atoms with van der Waals surface area (Å²) in [5, 5.41) is 7.56. The number of furan rings is 1. The first-order valence-corrected chi connectivity index (χ1v) is 8.84. The monoisotopic (exact) mass is 373 g/mol. The van der Waals surface area contributed by atoms with E-state index in [0.29, 0.717) is 29.3 Å². The Morgan fingerprint density at radius 2 is 1.96 bits per heavy atom. The maximum absolute atomic E-state index is 12.9. The molecule has 0 radical (unpaired) electrons. The molecule has 6 nitrogen and oxygen atoms in total. The second kappa shape index (κ2) is 7.84. The quantitative estimate of drug-likeness (QED) is 0.553. The molecule has 2 aromatic carbocycles. The van der Waals surface area contributed by atoms with Crippen molar-refractivity contribution in [3.63, 3.8) is 0 Å². The molecule has 4 aromatic rings. The Morgan fingerprint density at radius 3 is 2.71 bits per heavy atom. The molecule has 2 aromatic heterocycles. The molecule has 1 amide bonds. The van der Waals surface area contributed by atoms with Gasteiger partial charge in [-0.15, -0.1) is 0 Å². The molecule has 0 aliphatic heterocycles. The van der Waals surface area contributed by atoms with Gasteiger partial charge in [-0.3, -0.25) is 4.79 Å². The number of nitrogens with zero attached hydrogens (tertiary/aromatic N) is 2. The van der Waals surface area contributed by atoms with Crippen molar-refractivity contribution in [2.75, 3.05) is 7.11 Å². The molecule has 0 saturated heterocycles. The zero-order valence-electron chi connectivity index (χ0n) is 15.3. The van der Waals surface area contributed by atoms with Gasteiger partial charge < -0.3 is 14.5 Å². The zero-order chi connectivity index (χ0) is 19.3. The molecule has 28 heavy (non-hydrogen) atoms. The van der Waals surface area contributed by atoms with Gasteiger partial charge in [0.25, 0.3) is 5.91 Å². The summed E-state index contributed by atoms with van der Waals surface area (Å²) in [6.07, 6.45) is 3.32. The average molecular weight is 373 g/mol. The minimum atomic E-state index is -0.226.